The highest BCUT2D eigenvalue weighted by Crippen LogP contribution is 2.55. The summed E-state index contributed by atoms with van der Waals surface area (Å²) in [5.74, 6) is 0. The van der Waals surface area contributed by atoms with Crippen LogP contribution in [0.2, 0.25) is 0 Å². The predicted molar refractivity (Wildman–Crippen MR) is 133 cm³/mol. The quantitative estimate of drug-likeness (QED) is 0.236. The van der Waals surface area contributed by atoms with E-state index in [1.807, 2.05) is 20.8 Å². The van der Waals surface area contributed by atoms with E-state index in [0.717, 1.165) is 0 Å². The second-order valence-electron chi connectivity index (χ2n) is 10.0. The summed E-state index contributed by atoms with van der Waals surface area (Å²) in [6.07, 6.45) is -10.8. The van der Waals surface area contributed by atoms with Crippen molar-refractivity contribution >= 4 is 23.5 Å². The molecule has 0 fully saturated rings. The average molecular weight is 554 g/mol. The maximum atomic E-state index is 14.7. The number of carbonyl (C=O) groups excluding carboxylic acids is 2. The van der Waals surface area contributed by atoms with Gasteiger partial charge in [0, 0.05) is 10.9 Å². The van der Waals surface area contributed by atoms with Crippen LogP contribution < -0.4 is 5.30 Å². The molecule has 10 heteroatoms. The van der Waals surface area contributed by atoms with Gasteiger partial charge in [-0.25, -0.2) is 0 Å². The van der Waals surface area contributed by atoms with E-state index in [2.05, 4.69) is 0 Å². The fraction of sp³-hybridized carbons (Fsp3) is 0.286. The van der Waals surface area contributed by atoms with Gasteiger partial charge < -0.3 is 4.57 Å². The fourth-order valence-electron chi connectivity index (χ4n) is 4.36. The summed E-state index contributed by atoms with van der Waals surface area (Å²) in [6, 6.07) is 10.9. The van der Waals surface area contributed by atoms with Crippen molar-refractivity contribution in [3.63, 3.8) is 0 Å². The molecule has 0 radical (unpaired) electrons. The minimum Gasteiger partial charge on any atom is -0.302 e. The number of carbonyl (C=O) groups is 2. The topological polar surface area (TPSA) is 51.2 Å². The van der Waals surface area contributed by atoms with E-state index in [-0.39, 0.29) is 22.0 Å². The Kier molecular flexibility index (Phi) is 7.61. The van der Waals surface area contributed by atoms with Crippen LogP contribution in [0.5, 0.6) is 0 Å². The summed E-state index contributed by atoms with van der Waals surface area (Å²) in [4.78, 5) is 27.7. The number of benzene rings is 3. The first kappa shape index (κ1) is 29.4. The Morgan fingerprint density at radius 1 is 0.684 bits per heavy atom. The largest absolute Gasteiger partial charge is 0.417 e. The number of hydrogen-bond acceptors (Lipinski definition) is 3. The standard InChI is InChI=1S/C28H25F6O3P/c1-16-14-19(26(3,4)5)15-17(2)23(16)38(37,24(35)18-10-7-6-8-11-18)25(36)22-20(27(29,30)31)12-9-13-21(22)28(32,33)34/h6-15H,1-5H3. The monoisotopic (exact) mass is 554 g/mol. The lowest BCUT2D eigenvalue weighted by atomic mass is 9.85. The van der Waals surface area contributed by atoms with Crippen molar-refractivity contribution in [3.05, 3.63) is 99.6 Å². The molecule has 0 saturated carbocycles. The van der Waals surface area contributed by atoms with Crippen LogP contribution in [0, 0.1) is 13.8 Å². The van der Waals surface area contributed by atoms with Crippen LogP contribution in [0.1, 0.15) is 69.3 Å². The van der Waals surface area contributed by atoms with E-state index in [1.165, 1.54) is 44.2 Å². The van der Waals surface area contributed by atoms with Crippen molar-refractivity contribution in [3.8, 4) is 0 Å². The first-order chi connectivity index (χ1) is 17.3. The van der Waals surface area contributed by atoms with E-state index in [1.54, 1.807) is 12.1 Å². The molecular weight excluding hydrogens is 529 g/mol. The highest BCUT2D eigenvalue weighted by Gasteiger charge is 2.51. The molecule has 0 spiro atoms. The fourth-order valence-corrected chi connectivity index (χ4v) is 7.14. The summed E-state index contributed by atoms with van der Waals surface area (Å²) in [7, 11) is -5.32. The number of halogens is 6. The van der Waals surface area contributed by atoms with Crippen LogP contribution in [0.4, 0.5) is 26.3 Å². The van der Waals surface area contributed by atoms with Crippen LogP contribution in [0.25, 0.3) is 0 Å². The molecule has 0 amide bonds. The molecular formula is C28H25F6O3P. The molecule has 202 valence electrons. The van der Waals surface area contributed by atoms with Gasteiger partial charge in [-0.3, -0.25) is 9.59 Å². The zero-order valence-corrected chi connectivity index (χ0v) is 22.1. The van der Waals surface area contributed by atoms with Crippen LogP contribution in [-0.2, 0) is 22.3 Å². The van der Waals surface area contributed by atoms with Crippen LogP contribution in [-0.4, -0.2) is 11.0 Å². The number of alkyl halides is 6. The van der Waals surface area contributed by atoms with Gasteiger partial charge in [-0.2, -0.15) is 26.3 Å². The third-order valence-electron chi connectivity index (χ3n) is 6.15. The molecule has 3 aromatic carbocycles. The maximum Gasteiger partial charge on any atom is 0.417 e. The van der Waals surface area contributed by atoms with E-state index in [0.29, 0.717) is 23.8 Å². The first-order valence-electron chi connectivity index (χ1n) is 11.5. The van der Waals surface area contributed by atoms with Gasteiger partial charge in [0.25, 0.3) is 0 Å². The third-order valence-corrected chi connectivity index (χ3v) is 9.11. The van der Waals surface area contributed by atoms with Gasteiger partial charge in [0.2, 0.25) is 18.2 Å². The lowest BCUT2D eigenvalue weighted by Crippen LogP contribution is -2.29. The Bertz CT molecular complexity index is 1390. The molecule has 0 aliphatic heterocycles. The SMILES string of the molecule is Cc1cc(C(C)(C)C)cc(C)c1P(=O)(C(=O)c1ccccc1)C(=O)c1c(C(F)(F)F)cccc1C(F)(F)F. The second-order valence-corrected chi connectivity index (χ2v) is 12.5. The molecule has 0 aliphatic rings. The lowest BCUT2D eigenvalue weighted by molar-refractivity contribution is -0.143. The number of aryl methyl sites for hydroxylation is 2. The molecule has 0 bridgehead atoms. The zero-order chi connectivity index (χ0) is 28.8. The second kappa shape index (κ2) is 9.84. The summed E-state index contributed by atoms with van der Waals surface area (Å²) in [5, 5.41) is -0.366. The summed E-state index contributed by atoms with van der Waals surface area (Å²) < 4.78 is 98.4. The average Bonchev–Trinajstić information content (AvgIpc) is 2.80. The molecule has 0 aliphatic carbocycles. The minimum absolute atomic E-state index is 0.147. The van der Waals surface area contributed by atoms with Crippen molar-refractivity contribution in [1.29, 1.82) is 0 Å². The van der Waals surface area contributed by atoms with Crippen molar-refractivity contribution in [1.82, 2.24) is 0 Å². The minimum atomic E-state index is -5.40. The summed E-state index contributed by atoms with van der Waals surface area (Å²) >= 11 is 0. The zero-order valence-electron chi connectivity index (χ0n) is 21.2. The number of hydrogen-bond donors (Lipinski definition) is 0. The first-order valence-corrected chi connectivity index (χ1v) is 13.2. The molecule has 1 atom stereocenters. The highest BCUT2D eigenvalue weighted by atomic mass is 31.2. The molecule has 0 aromatic heterocycles. The van der Waals surface area contributed by atoms with E-state index < -0.39 is 52.6 Å². The predicted octanol–water partition coefficient (Wildman–Crippen LogP) is 8.31. The molecule has 38 heavy (non-hydrogen) atoms. The maximum absolute atomic E-state index is 14.7. The highest BCUT2D eigenvalue weighted by molar-refractivity contribution is 8.01. The van der Waals surface area contributed by atoms with Crippen LogP contribution in [0.15, 0.2) is 60.7 Å². The molecule has 1 unspecified atom stereocenters. The van der Waals surface area contributed by atoms with E-state index in [4.69, 9.17) is 0 Å². The Hall–Kier alpha value is -3.19. The smallest absolute Gasteiger partial charge is 0.302 e. The summed E-state index contributed by atoms with van der Waals surface area (Å²) in [5.41, 5.74) is -8.72. The van der Waals surface area contributed by atoms with Crippen molar-refractivity contribution in [2.45, 2.75) is 52.4 Å². The van der Waals surface area contributed by atoms with Crippen molar-refractivity contribution < 1.29 is 40.5 Å². The third kappa shape index (κ3) is 5.35. The molecule has 0 saturated heterocycles. The Labute approximate surface area is 216 Å². The normalized spacial score (nSPS) is 14.2. The summed E-state index contributed by atoms with van der Waals surface area (Å²) in [6.45, 7) is 8.47. The number of rotatable bonds is 5. The van der Waals surface area contributed by atoms with Gasteiger partial charge in [0.05, 0.1) is 16.7 Å². The van der Waals surface area contributed by atoms with Gasteiger partial charge in [-0.15, -0.1) is 0 Å². The van der Waals surface area contributed by atoms with Gasteiger partial charge >= 0.3 is 12.4 Å². The van der Waals surface area contributed by atoms with Gasteiger partial charge in [-0.1, -0.05) is 69.3 Å². The van der Waals surface area contributed by atoms with Crippen molar-refractivity contribution in [2.24, 2.45) is 0 Å². The van der Waals surface area contributed by atoms with Crippen molar-refractivity contribution in [2.75, 3.05) is 0 Å². The molecule has 0 N–H and O–H groups in total. The van der Waals surface area contributed by atoms with Gasteiger partial charge in [0.1, 0.15) is 0 Å². The van der Waals surface area contributed by atoms with Crippen LogP contribution >= 0.6 is 7.14 Å². The van der Waals surface area contributed by atoms with E-state index in [9.17, 15) is 40.5 Å². The van der Waals surface area contributed by atoms with Crippen LogP contribution in [0.3, 0.4) is 0 Å². The van der Waals surface area contributed by atoms with Gasteiger partial charge in [-0.05, 0) is 48.1 Å². The molecule has 3 aromatic rings. The molecule has 3 nitrogen and oxygen atoms in total. The molecule has 3 rings (SSSR count). The van der Waals surface area contributed by atoms with E-state index >= 15 is 0 Å². The lowest BCUT2D eigenvalue weighted by Gasteiger charge is -2.27. The Morgan fingerprint density at radius 2 is 1.13 bits per heavy atom. The molecule has 0 heterocycles. The Morgan fingerprint density at radius 3 is 1.53 bits per heavy atom. The Balaban J connectivity index is 2.49. The van der Waals surface area contributed by atoms with Gasteiger partial charge in [0.15, 0.2) is 0 Å².